The summed E-state index contributed by atoms with van der Waals surface area (Å²) in [7, 11) is -2.54. The molecule has 2 heterocycles. The van der Waals surface area contributed by atoms with Crippen molar-refractivity contribution in [1.82, 2.24) is 10.6 Å². The van der Waals surface area contributed by atoms with Gasteiger partial charge in [-0.2, -0.15) is 0 Å². The van der Waals surface area contributed by atoms with Crippen molar-refractivity contribution in [2.24, 2.45) is 0 Å². The second-order valence-electron chi connectivity index (χ2n) is 6.11. The van der Waals surface area contributed by atoms with Gasteiger partial charge < -0.3 is 20.1 Å². The van der Waals surface area contributed by atoms with E-state index in [1.54, 1.807) is 35.7 Å². The number of methoxy groups -OCH3 is 1. The summed E-state index contributed by atoms with van der Waals surface area (Å²) in [5, 5.41) is 6.76. The summed E-state index contributed by atoms with van der Waals surface area (Å²) >= 11 is 1.07. The Morgan fingerprint density at radius 2 is 1.93 bits per heavy atom. The van der Waals surface area contributed by atoms with E-state index in [9.17, 15) is 18.0 Å². The lowest BCUT2D eigenvalue weighted by Gasteiger charge is -2.29. The van der Waals surface area contributed by atoms with Crippen LogP contribution in [0.4, 0.5) is 4.79 Å². The van der Waals surface area contributed by atoms with Crippen molar-refractivity contribution in [3.63, 3.8) is 0 Å². The number of sulfone groups is 1. The van der Waals surface area contributed by atoms with E-state index in [1.165, 1.54) is 13.2 Å². The van der Waals surface area contributed by atoms with Crippen LogP contribution in [0.15, 0.2) is 57.3 Å². The minimum Gasteiger partial charge on any atom is -0.494 e. The number of benzene rings is 1. The lowest BCUT2D eigenvalue weighted by molar-refractivity contribution is -0.136. The Balaban J connectivity index is 2.04. The largest absolute Gasteiger partial charge is 0.494 e. The van der Waals surface area contributed by atoms with Crippen LogP contribution in [0.5, 0.6) is 5.75 Å². The molecular formula is C19H20N2O6S2. The molecule has 2 aromatic rings. The SMILES string of the molecule is CCOc1ccc([C@@H]2NC(=O)NC(CS(=O)(=O)c3cccs3)=C2C(=O)OC)cc1. The maximum Gasteiger partial charge on any atom is 0.338 e. The van der Waals surface area contributed by atoms with E-state index in [0.717, 1.165) is 11.3 Å². The third-order valence-corrected chi connectivity index (χ3v) is 7.35. The van der Waals surface area contributed by atoms with Gasteiger partial charge in [0.25, 0.3) is 0 Å². The Bertz CT molecular complexity index is 1030. The highest BCUT2D eigenvalue weighted by molar-refractivity contribution is 7.93. The van der Waals surface area contributed by atoms with Crippen molar-refractivity contribution in [3.05, 3.63) is 58.6 Å². The quantitative estimate of drug-likeness (QED) is 0.645. The average Bonchev–Trinajstić information content (AvgIpc) is 3.23. The molecule has 1 aliphatic rings. The molecule has 0 saturated carbocycles. The molecule has 8 nitrogen and oxygen atoms in total. The van der Waals surface area contributed by atoms with Crippen molar-refractivity contribution >= 4 is 33.2 Å². The summed E-state index contributed by atoms with van der Waals surface area (Å²) in [6, 6.07) is 8.47. The van der Waals surface area contributed by atoms with Crippen molar-refractivity contribution in [2.75, 3.05) is 19.5 Å². The normalized spacial score (nSPS) is 16.8. The van der Waals surface area contributed by atoms with Gasteiger partial charge in [-0.25, -0.2) is 18.0 Å². The van der Waals surface area contributed by atoms with Gasteiger partial charge in [-0.05, 0) is 36.1 Å². The summed E-state index contributed by atoms with van der Waals surface area (Å²) in [5.74, 6) is -0.618. The Labute approximate surface area is 172 Å². The third-order valence-electron chi connectivity index (χ3n) is 4.22. The van der Waals surface area contributed by atoms with Crippen LogP contribution in [0, 0.1) is 0 Å². The number of urea groups is 1. The molecule has 2 amide bonds. The zero-order valence-electron chi connectivity index (χ0n) is 15.8. The number of carbonyl (C=O) groups is 2. The van der Waals surface area contributed by atoms with Gasteiger partial charge in [0.15, 0.2) is 9.84 Å². The van der Waals surface area contributed by atoms with Gasteiger partial charge in [-0.1, -0.05) is 18.2 Å². The predicted octanol–water partition coefficient (Wildman–Crippen LogP) is 2.40. The molecule has 0 unspecified atom stereocenters. The molecule has 1 aromatic heterocycles. The highest BCUT2D eigenvalue weighted by atomic mass is 32.2. The predicted molar refractivity (Wildman–Crippen MR) is 107 cm³/mol. The van der Waals surface area contributed by atoms with Gasteiger partial charge in [0.1, 0.15) is 9.96 Å². The molecule has 0 bridgehead atoms. The van der Waals surface area contributed by atoms with Crippen LogP contribution in [-0.2, 0) is 19.4 Å². The van der Waals surface area contributed by atoms with Crippen molar-refractivity contribution < 1.29 is 27.5 Å². The first-order valence-electron chi connectivity index (χ1n) is 8.73. The molecule has 10 heteroatoms. The number of hydrogen-bond donors (Lipinski definition) is 2. The van der Waals surface area contributed by atoms with Crippen LogP contribution < -0.4 is 15.4 Å². The second-order valence-corrected chi connectivity index (χ2v) is 9.27. The maximum atomic E-state index is 12.7. The number of rotatable bonds is 7. The first kappa shape index (κ1) is 20.9. The first-order valence-corrected chi connectivity index (χ1v) is 11.3. The Morgan fingerprint density at radius 3 is 2.52 bits per heavy atom. The molecule has 0 saturated heterocycles. The molecular weight excluding hydrogens is 416 g/mol. The van der Waals surface area contributed by atoms with E-state index in [-0.39, 0.29) is 15.5 Å². The monoisotopic (exact) mass is 436 g/mol. The standard InChI is InChI=1S/C19H20N2O6S2/c1-3-27-13-8-6-12(7-9-13)17-16(18(22)26-2)14(20-19(23)21-17)11-29(24,25)15-5-4-10-28-15/h4-10,17H,3,11H2,1-2H3,(H2,20,21,23)/t17-/m0/s1. The third kappa shape index (κ3) is 4.60. The molecule has 0 aliphatic carbocycles. The summed E-state index contributed by atoms with van der Waals surface area (Å²) in [6.07, 6.45) is 0. The van der Waals surface area contributed by atoms with Crippen LogP contribution in [0.25, 0.3) is 0 Å². The minimum absolute atomic E-state index is 0.00659. The van der Waals surface area contributed by atoms with Gasteiger partial charge in [0.05, 0.1) is 31.1 Å². The molecule has 0 fully saturated rings. The number of thiophene rings is 1. The van der Waals surface area contributed by atoms with E-state index in [2.05, 4.69) is 10.6 Å². The van der Waals surface area contributed by atoms with Gasteiger partial charge in [-0.15, -0.1) is 11.3 Å². The summed E-state index contributed by atoms with van der Waals surface area (Å²) in [6.45, 7) is 2.36. The fraction of sp³-hybridized carbons (Fsp3) is 0.263. The molecule has 1 aliphatic heterocycles. The number of hydrogen-bond acceptors (Lipinski definition) is 7. The zero-order chi connectivity index (χ0) is 21.0. The zero-order valence-corrected chi connectivity index (χ0v) is 17.4. The van der Waals surface area contributed by atoms with E-state index in [0.29, 0.717) is 17.9 Å². The Morgan fingerprint density at radius 1 is 1.21 bits per heavy atom. The second kappa shape index (κ2) is 8.66. The summed E-state index contributed by atoms with van der Waals surface area (Å²) in [5.41, 5.74) is 0.624. The number of nitrogens with one attached hydrogen (secondary N) is 2. The van der Waals surface area contributed by atoms with Crippen molar-refractivity contribution in [3.8, 4) is 5.75 Å². The molecule has 0 radical (unpaired) electrons. The fourth-order valence-corrected chi connectivity index (χ4v) is 5.37. The molecule has 3 rings (SSSR count). The van der Waals surface area contributed by atoms with E-state index >= 15 is 0 Å². The van der Waals surface area contributed by atoms with Crippen LogP contribution in [0.3, 0.4) is 0 Å². The number of carbonyl (C=O) groups excluding carboxylic acids is 2. The van der Waals surface area contributed by atoms with E-state index < -0.39 is 33.6 Å². The average molecular weight is 437 g/mol. The number of amides is 2. The Kier molecular flexibility index (Phi) is 6.23. The van der Waals surface area contributed by atoms with Crippen molar-refractivity contribution in [1.29, 1.82) is 0 Å². The molecule has 29 heavy (non-hydrogen) atoms. The minimum atomic E-state index is -3.74. The lowest BCUT2D eigenvalue weighted by atomic mass is 9.95. The van der Waals surface area contributed by atoms with E-state index in [1.807, 2.05) is 6.92 Å². The van der Waals surface area contributed by atoms with Gasteiger partial charge in [0, 0.05) is 5.70 Å². The van der Waals surface area contributed by atoms with E-state index in [4.69, 9.17) is 9.47 Å². The number of ether oxygens (including phenoxy) is 2. The summed E-state index contributed by atoms with van der Waals surface area (Å²) < 4.78 is 35.9. The molecule has 1 atom stereocenters. The van der Waals surface area contributed by atoms with Crippen LogP contribution in [0.2, 0.25) is 0 Å². The highest BCUT2D eigenvalue weighted by Crippen LogP contribution is 2.30. The smallest absolute Gasteiger partial charge is 0.338 e. The van der Waals surface area contributed by atoms with Gasteiger partial charge in [0.2, 0.25) is 0 Å². The van der Waals surface area contributed by atoms with Crippen LogP contribution in [0.1, 0.15) is 18.5 Å². The Hall–Kier alpha value is -2.85. The van der Waals surface area contributed by atoms with Gasteiger partial charge >= 0.3 is 12.0 Å². The first-order chi connectivity index (χ1) is 13.9. The topological polar surface area (TPSA) is 111 Å². The van der Waals surface area contributed by atoms with Crippen LogP contribution >= 0.6 is 11.3 Å². The van der Waals surface area contributed by atoms with Crippen LogP contribution in [-0.4, -0.2) is 39.9 Å². The number of esters is 1. The lowest BCUT2D eigenvalue weighted by Crippen LogP contribution is -2.47. The molecule has 154 valence electrons. The molecule has 2 N–H and O–H groups in total. The van der Waals surface area contributed by atoms with Gasteiger partial charge in [-0.3, -0.25) is 0 Å². The maximum absolute atomic E-state index is 12.7. The molecule has 0 spiro atoms. The highest BCUT2D eigenvalue weighted by Gasteiger charge is 2.35. The molecule has 1 aromatic carbocycles. The van der Waals surface area contributed by atoms with Crippen molar-refractivity contribution in [2.45, 2.75) is 17.2 Å². The summed E-state index contributed by atoms with van der Waals surface area (Å²) in [4.78, 5) is 24.8. The fourth-order valence-electron chi connectivity index (χ4n) is 2.96.